The molecule has 0 saturated carbocycles. The molecule has 0 spiro atoms. The number of aromatic nitrogens is 4. The Morgan fingerprint density at radius 1 is 1.21 bits per heavy atom. The monoisotopic (exact) mass is 378 g/mol. The van der Waals surface area contributed by atoms with Gasteiger partial charge in [-0.05, 0) is 55.3 Å². The Hall–Kier alpha value is -3.68. The maximum absolute atomic E-state index is 12.5. The third kappa shape index (κ3) is 3.32. The highest BCUT2D eigenvalue weighted by molar-refractivity contribution is 5.97. The van der Waals surface area contributed by atoms with E-state index in [1.165, 1.54) is 0 Å². The summed E-state index contributed by atoms with van der Waals surface area (Å²) >= 11 is 0. The zero-order valence-corrected chi connectivity index (χ0v) is 15.4. The summed E-state index contributed by atoms with van der Waals surface area (Å²) < 4.78 is 11.5. The lowest BCUT2D eigenvalue weighted by atomic mass is 10.0. The first kappa shape index (κ1) is 17.7. The van der Waals surface area contributed by atoms with Crippen molar-refractivity contribution in [2.45, 2.75) is 20.4 Å². The number of pyridine rings is 1. The zero-order chi connectivity index (χ0) is 19.7. The summed E-state index contributed by atoms with van der Waals surface area (Å²) in [6.45, 7) is 4.14. The van der Waals surface area contributed by atoms with Crippen LogP contribution in [0.1, 0.15) is 28.9 Å². The Kier molecular flexibility index (Phi) is 4.52. The minimum atomic E-state index is -0.639. The highest BCUT2D eigenvalue weighted by Crippen LogP contribution is 2.28. The molecule has 8 nitrogen and oxygen atoms in total. The molecule has 0 amide bonds. The third-order valence-electron chi connectivity index (χ3n) is 4.41. The minimum Gasteiger partial charge on any atom is -0.461 e. The number of rotatable bonds is 5. The van der Waals surface area contributed by atoms with Gasteiger partial charge in [-0.3, -0.25) is 14.5 Å². The van der Waals surface area contributed by atoms with Gasteiger partial charge in [0.2, 0.25) is 0 Å². The van der Waals surface area contributed by atoms with Crippen molar-refractivity contribution in [3.05, 3.63) is 70.4 Å². The smallest absolute Gasteiger partial charge is 0.438 e. The summed E-state index contributed by atoms with van der Waals surface area (Å²) in [4.78, 5) is 30.4. The largest absolute Gasteiger partial charge is 0.461 e. The van der Waals surface area contributed by atoms with Crippen molar-refractivity contribution in [3.63, 3.8) is 0 Å². The van der Waals surface area contributed by atoms with E-state index in [1.807, 2.05) is 37.3 Å². The standard InChI is InChI=1S/C20H18N4O4/c1-3-27-19(25)17-10-15-9-13(14-6-7-21-12(2)8-14)4-5-16(15)24(17)11-18-22-20(26)28-23-18/h4-10H,3,11H2,1-2H3,(H,22,23,26). The van der Waals surface area contributed by atoms with Crippen LogP contribution >= 0.6 is 0 Å². The van der Waals surface area contributed by atoms with E-state index in [9.17, 15) is 9.59 Å². The number of benzene rings is 1. The van der Waals surface area contributed by atoms with Crippen LogP contribution in [0.15, 0.2) is 51.9 Å². The van der Waals surface area contributed by atoms with Gasteiger partial charge in [0.05, 0.1) is 13.2 Å². The van der Waals surface area contributed by atoms with Gasteiger partial charge in [0.15, 0.2) is 5.82 Å². The van der Waals surface area contributed by atoms with Crippen molar-refractivity contribution in [1.82, 2.24) is 19.7 Å². The van der Waals surface area contributed by atoms with E-state index >= 15 is 0 Å². The molecule has 0 radical (unpaired) electrons. The summed E-state index contributed by atoms with van der Waals surface area (Å²) in [7, 11) is 0. The number of ether oxygens (including phenoxy) is 1. The van der Waals surface area contributed by atoms with Crippen LogP contribution in [-0.2, 0) is 11.3 Å². The molecular weight excluding hydrogens is 360 g/mol. The number of H-pyrrole nitrogens is 1. The molecule has 0 fully saturated rings. The molecule has 0 bridgehead atoms. The summed E-state index contributed by atoms with van der Waals surface area (Å²) in [6, 6.07) is 11.6. The van der Waals surface area contributed by atoms with Crippen molar-refractivity contribution in [1.29, 1.82) is 0 Å². The minimum absolute atomic E-state index is 0.178. The SMILES string of the molecule is CCOC(=O)c1cc2cc(-c3ccnc(C)c3)ccc2n1Cc1noc(=O)[nH]1. The van der Waals surface area contributed by atoms with Crippen molar-refractivity contribution < 1.29 is 14.1 Å². The molecule has 0 aliphatic carbocycles. The fourth-order valence-corrected chi connectivity index (χ4v) is 3.20. The Bertz CT molecular complexity index is 1220. The molecule has 142 valence electrons. The predicted molar refractivity (Wildman–Crippen MR) is 102 cm³/mol. The van der Waals surface area contributed by atoms with E-state index in [2.05, 4.69) is 19.6 Å². The molecule has 0 unspecified atom stereocenters. The van der Waals surface area contributed by atoms with Crippen LogP contribution in [0.25, 0.3) is 22.0 Å². The van der Waals surface area contributed by atoms with Crippen LogP contribution < -0.4 is 5.76 Å². The first-order valence-corrected chi connectivity index (χ1v) is 8.83. The quantitative estimate of drug-likeness (QED) is 0.536. The number of nitrogens with one attached hydrogen (secondary N) is 1. The van der Waals surface area contributed by atoms with Crippen molar-refractivity contribution in [3.8, 4) is 11.1 Å². The average molecular weight is 378 g/mol. The summed E-state index contributed by atoms with van der Waals surface area (Å²) in [6.07, 6.45) is 1.77. The summed E-state index contributed by atoms with van der Waals surface area (Å²) in [5, 5.41) is 4.57. The van der Waals surface area contributed by atoms with Gasteiger partial charge in [0, 0.05) is 22.8 Å². The molecule has 1 N–H and O–H groups in total. The first-order valence-electron chi connectivity index (χ1n) is 8.83. The molecular formula is C20H18N4O4. The van der Waals surface area contributed by atoms with Gasteiger partial charge in [-0.25, -0.2) is 9.59 Å². The van der Waals surface area contributed by atoms with Crippen LogP contribution in [0, 0.1) is 6.92 Å². The van der Waals surface area contributed by atoms with Crippen LogP contribution in [0.5, 0.6) is 0 Å². The molecule has 4 rings (SSSR count). The zero-order valence-electron chi connectivity index (χ0n) is 15.4. The molecule has 3 heterocycles. The van der Waals surface area contributed by atoms with Gasteiger partial charge in [0.1, 0.15) is 5.69 Å². The number of nitrogens with zero attached hydrogens (tertiary/aromatic N) is 3. The average Bonchev–Trinajstić information content (AvgIpc) is 3.25. The van der Waals surface area contributed by atoms with Crippen molar-refractivity contribution >= 4 is 16.9 Å². The number of hydrogen-bond acceptors (Lipinski definition) is 6. The normalized spacial score (nSPS) is 11.1. The van der Waals surface area contributed by atoms with Gasteiger partial charge in [0.25, 0.3) is 0 Å². The van der Waals surface area contributed by atoms with E-state index in [1.54, 1.807) is 23.8 Å². The molecule has 28 heavy (non-hydrogen) atoms. The Morgan fingerprint density at radius 3 is 2.75 bits per heavy atom. The number of hydrogen-bond donors (Lipinski definition) is 1. The molecule has 0 atom stereocenters. The van der Waals surface area contributed by atoms with E-state index in [4.69, 9.17) is 4.74 Å². The van der Waals surface area contributed by atoms with Crippen molar-refractivity contribution in [2.24, 2.45) is 0 Å². The van der Waals surface area contributed by atoms with Gasteiger partial charge in [-0.15, -0.1) is 0 Å². The number of aryl methyl sites for hydroxylation is 1. The van der Waals surface area contributed by atoms with Crippen LogP contribution in [-0.4, -0.2) is 32.3 Å². The highest BCUT2D eigenvalue weighted by atomic mass is 16.5. The fourth-order valence-electron chi connectivity index (χ4n) is 3.20. The van der Waals surface area contributed by atoms with E-state index in [0.29, 0.717) is 11.5 Å². The second-order valence-corrected chi connectivity index (χ2v) is 6.34. The Morgan fingerprint density at radius 2 is 2.04 bits per heavy atom. The Balaban J connectivity index is 1.83. The molecule has 0 aliphatic heterocycles. The van der Waals surface area contributed by atoms with Gasteiger partial charge in [-0.1, -0.05) is 11.2 Å². The van der Waals surface area contributed by atoms with E-state index in [-0.39, 0.29) is 13.2 Å². The molecule has 0 aliphatic rings. The summed E-state index contributed by atoms with van der Waals surface area (Å²) in [5.41, 5.74) is 4.18. The van der Waals surface area contributed by atoms with Crippen LogP contribution in [0.2, 0.25) is 0 Å². The van der Waals surface area contributed by atoms with Gasteiger partial charge >= 0.3 is 11.7 Å². The lowest BCUT2D eigenvalue weighted by Gasteiger charge is -2.08. The van der Waals surface area contributed by atoms with Gasteiger partial charge in [-0.2, -0.15) is 0 Å². The number of fused-ring (bicyclic) bond motifs is 1. The van der Waals surface area contributed by atoms with E-state index < -0.39 is 11.7 Å². The molecule has 4 aromatic rings. The first-order chi connectivity index (χ1) is 13.5. The predicted octanol–water partition coefficient (Wildman–Crippen LogP) is 2.91. The van der Waals surface area contributed by atoms with Crippen LogP contribution in [0.3, 0.4) is 0 Å². The molecule has 3 aromatic heterocycles. The maximum atomic E-state index is 12.5. The summed E-state index contributed by atoms with van der Waals surface area (Å²) in [5.74, 6) is -0.757. The number of carbonyl (C=O) groups is 1. The number of esters is 1. The lowest BCUT2D eigenvalue weighted by molar-refractivity contribution is 0.0515. The van der Waals surface area contributed by atoms with E-state index in [0.717, 1.165) is 27.7 Å². The topological polar surface area (TPSA) is 103 Å². The third-order valence-corrected chi connectivity index (χ3v) is 4.41. The number of aromatic amines is 1. The molecule has 0 saturated heterocycles. The maximum Gasteiger partial charge on any atom is 0.438 e. The molecule has 1 aromatic carbocycles. The second-order valence-electron chi connectivity index (χ2n) is 6.34. The molecule has 8 heteroatoms. The Labute approximate surface area is 159 Å². The van der Waals surface area contributed by atoms with Crippen molar-refractivity contribution in [2.75, 3.05) is 6.61 Å². The second kappa shape index (κ2) is 7.15. The number of carbonyl (C=O) groups excluding carboxylic acids is 1. The van der Waals surface area contributed by atoms with Gasteiger partial charge < -0.3 is 9.30 Å². The van der Waals surface area contributed by atoms with Crippen LogP contribution in [0.4, 0.5) is 0 Å². The highest BCUT2D eigenvalue weighted by Gasteiger charge is 2.18. The lowest BCUT2D eigenvalue weighted by Crippen LogP contribution is -2.13. The fraction of sp³-hybridized carbons (Fsp3) is 0.200.